The zero-order valence-electron chi connectivity index (χ0n) is 12.9. The average molecular weight is 295 g/mol. The van der Waals surface area contributed by atoms with E-state index in [1.165, 1.54) is 0 Å². The molecule has 0 aromatic carbocycles. The van der Waals surface area contributed by atoms with Gasteiger partial charge in [0.15, 0.2) is 5.69 Å². The van der Waals surface area contributed by atoms with Crippen LogP contribution in [0.15, 0.2) is 10.6 Å². The highest BCUT2D eigenvalue weighted by molar-refractivity contribution is 5.92. The van der Waals surface area contributed by atoms with Crippen molar-refractivity contribution in [3.63, 3.8) is 0 Å². The van der Waals surface area contributed by atoms with Gasteiger partial charge in [0.1, 0.15) is 5.76 Å². The number of ether oxygens (including phenoxy) is 1. The van der Waals surface area contributed by atoms with E-state index in [2.05, 4.69) is 29.2 Å². The van der Waals surface area contributed by atoms with Gasteiger partial charge in [-0.25, -0.2) is 0 Å². The molecule has 1 saturated heterocycles. The Labute approximate surface area is 125 Å². The summed E-state index contributed by atoms with van der Waals surface area (Å²) < 4.78 is 10.5. The predicted molar refractivity (Wildman–Crippen MR) is 79.3 cm³/mol. The fourth-order valence-corrected chi connectivity index (χ4v) is 2.56. The van der Waals surface area contributed by atoms with E-state index in [4.69, 9.17) is 9.26 Å². The lowest BCUT2D eigenvalue weighted by molar-refractivity contribution is 0.0159. The van der Waals surface area contributed by atoms with E-state index in [-0.39, 0.29) is 5.91 Å². The number of nitrogens with zero attached hydrogens (tertiary/aromatic N) is 2. The SMILES string of the molecule is CCCc1cc(C(=O)NC[C@@H](CC)N2CCOCC2)no1. The Morgan fingerprint density at radius 1 is 1.43 bits per heavy atom. The highest BCUT2D eigenvalue weighted by Crippen LogP contribution is 2.08. The number of aryl methyl sites for hydroxylation is 1. The molecule has 1 N–H and O–H groups in total. The quantitative estimate of drug-likeness (QED) is 0.825. The predicted octanol–water partition coefficient (Wildman–Crippen LogP) is 1.47. The number of hydrogen-bond donors (Lipinski definition) is 1. The van der Waals surface area contributed by atoms with Crippen molar-refractivity contribution in [2.24, 2.45) is 0 Å². The van der Waals surface area contributed by atoms with Gasteiger partial charge in [-0.05, 0) is 12.8 Å². The maximum absolute atomic E-state index is 12.1. The first-order valence-corrected chi connectivity index (χ1v) is 7.80. The summed E-state index contributed by atoms with van der Waals surface area (Å²) in [7, 11) is 0. The van der Waals surface area contributed by atoms with Gasteiger partial charge in [-0.15, -0.1) is 0 Å². The molecule has 0 saturated carbocycles. The van der Waals surface area contributed by atoms with Crippen LogP contribution in [0.4, 0.5) is 0 Å². The average Bonchev–Trinajstić information content (AvgIpc) is 2.98. The zero-order valence-corrected chi connectivity index (χ0v) is 12.9. The summed E-state index contributed by atoms with van der Waals surface area (Å²) in [6, 6.07) is 2.08. The lowest BCUT2D eigenvalue weighted by Gasteiger charge is -2.33. The summed E-state index contributed by atoms with van der Waals surface area (Å²) in [5, 5.41) is 6.79. The zero-order chi connectivity index (χ0) is 15.1. The van der Waals surface area contributed by atoms with Crippen LogP contribution >= 0.6 is 0 Å². The van der Waals surface area contributed by atoms with Gasteiger partial charge in [-0.1, -0.05) is 19.0 Å². The van der Waals surface area contributed by atoms with Crippen molar-refractivity contribution < 1.29 is 14.1 Å². The Morgan fingerprint density at radius 3 is 2.86 bits per heavy atom. The van der Waals surface area contributed by atoms with Crippen molar-refractivity contribution in [2.45, 2.75) is 39.2 Å². The van der Waals surface area contributed by atoms with E-state index in [1.54, 1.807) is 6.07 Å². The number of carbonyl (C=O) groups is 1. The van der Waals surface area contributed by atoms with Crippen LogP contribution in [0.3, 0.4) is 0 Å². The van der Waals surface area contributed by atoms with Crippen LogP contribution in [0.5, 0.6) is 0 Å². The van der Waals surface area contributed by atoms with Gasteiger partial charge in [-0.2, -0.15) is 0 Å². The molecule has 1 aromatic rings. The molecule has 1 amide bonds. The summed E-state index contributed by atoms with van der Waals surface area (Å²) in [6.07, 6.45) is 2.79. The summed E-state index contributed by atoms with van der Waals surface area (Å²) in [5.41, 5.74) is 0.371. The third kappa shape index (κ3) is 4.54. The van der Waals surface area contributed by atoms with Gasteiger partial charge in [0.2, 0.25) is 0 Å². The number of amides is 1. The van der Waals surface area contributed by atoms with E-state index in [0.29, 0.717) is 18.3 Å². The van der Waals surface area contributed by atoms with E-state index in [1.807, 2.05) is 0 Å². The normalized spacial score (nSPS) is 17.6. The first kappa shape index (κ1) is 16.0. The van der Waals surface area contributed by atoms with E-state index < -0.39 is 0 Å². The molecule has 6 nitrogen and oxygen atoms in total. The van der Waals surface area contributed by atoms with Gasteiger partial charge in [0.25, 0.3) is 5.91 Å². The number of hydrogen-bond acceptors (Lipinski definition) is 5. The first-order chi connectivity index (χ1) is 10.2. The van der Waals surface area contributed by atoms with Crippen molar-refractivity contribution in [3.8, 4) is 0 Å². The van der Waals surface area contributed by atoms with Crippen molar-refractivity contribution >= 4 is 5.91 Å². The molecule has 1 aromatic heterocycles. The third-order valence-corrected chi connectivity index (χ3v) is 3.82. The molecular weight excluding hydrogens is 270 g/mol. The van der Waals surface area contributed by atoms with Crippen molar-refractivity contribution in [1.29, 1.82) is 0 Å². The minimum absolute atomic E-state index is 0.159. The summed E-state index contributed by atoms with van der Waals surface area (Å²) in [5.74, 6) is 0.607. The first-order valence-electron chi connectivity index (χ1n) is 7.80. The van der Waals surface area contributed by atoms with Gasteiger partial charge >= 0.3 is 0 Å². The van der Waals surface area contributed by atoms with Crippen LogP contribution < -0.4 is 5.32 Å². The second kappa shape index (κ2) is 8.14. The highest BCUT2D eigenvalue weighted by Gasteiger charge is 2.21. The van der Waals surface area contributed by atoms with Crippen LogP contribution in [0.25, 0.3) is 0 Å². The fraction of sp³-hybridized carbons (Fsp3) is 0.733. The fourth-order valence-electron chi connectivity index (χ4n) is 2.56. The lowest BCUT2D eigenvalue weighted by atomic mass is 10.1. The summed E-state index contributed by atoms with van der Waals surface area (Å²) in [6.45, 7) is 8.24. The Balaban J connectivity index is 1.83. The van der Waals surface area contributed by atoms with Crippen molar-refractivity contribution in [1.82, 2.24) is 15.4 Å². The smallest absolute Gasteiger partial charge is 0.273 e. The lowest BCUT2D eigenvalue weighted by Crippen LogP contribution is -2.48. The van der Waals surface area contributed by atoms with Crippen LogP contribution in [0.2, 0.25) is 0 Å². The van der Waals surface area contributed by atoms with Crippen LogP contribution in [-0.4, -0.2) is 54.9 Å². The molecule has 0 unspecified atom stereocenters. The molecule has 2 heterocycles. The maximum atomic E-state index is 12.1. The van der Waals surface area contributed by atoms with Gasteiger partial charge < -0.3 is 14.6 Å². The van der Waals surface area contributed by atoms with Crippen molar-refractivity contribution in [2.75, 3.05) is 32.8 Å². The number of carbonyl (C=O) groups excluding carboxylic acids is 1. The maximum Gasteiger partial charge on any atom is 0.273 e. The molecule has 1 atom stereocenters. The molecule has 6 heteroatoms. The van der Waals surface area contributed by atoms with Gasteiger partial charge in [0, 0.05) is 38.2 Å². The second-order valence-electron chi connectivity index (χ2n) is 5.35. The number of nitrogens with one attached hydrogen (secondary N) is 1. The number of morpholine rings is 1. The number of rotatable bonds is 7. The Hall–Kier alpha value is -1.40. The second-order valence-corrected chi connectivity index (χ2v) is 5.35. The van der Waals surface area contributed by atoms with E-state index in [0.717, 1.165) is 51.3 Å². The molecule has 0 radical (unpaired) electrons. The topological polar surface area (TPSA) is 67.6 Å². The molecule has 1 fully saturated rings. The summed E-state index contributed by atoms with van der Waals surface area (Å²) in [4.78, 5) is 14.5. The molecule has 0 aliphatic carbocycles. The Morgan fingerprint density at radius 2 is 2.19 bits per heavy atom. The molecule has 21 heavy (non-hydrogen) atoms. The molecule has 0 spiro atoms. The van der Waals surface area contributed by atoms with Gasteiger partial charge in [-0.3, -0.25) is 9.69 Å². The molecule has 118 valence electrons. The third-order valence-electron chi connectivity index (χ3n) is 3.82. The minimum Gasteiger partial charge on any atom is -0.379 e. The Kier molecular flexibility index (Phi) is 6.20. The standard InChI is InChI=1S/C15H25N3O3/c1-3-5-13-10-14(17-21-13)15(19)16-11-12(4-2)18-6-8-20-9-7-18/h10,12H,3-9,11H2,1-2H3,(H,16,19)/t12-/m1/s1. The molecule has 2 rings (SSSR count). The van der Waals surface area contributed by atoms with E-state index >= 15 is 0 Å². The van der Waals surface area contributed by atoms with Crippen molar-refractivity contribution in [3.05, 3.63) is 17.5 Å². The van der Waals surface area contributed by atoms with Crippen LogP contribution in [0.1, 0.15) is 42.9 Å². The molecule has 1 aliphatic heterocycles. The van der Waals surface area contributed by atoms with Crippen LogP contribution in [-0.2, 0) is 11.2 Å². The summed E-state index contributed by atoms with van der Waals surface area (Å²) >= 11 is 0. The Bertz CT molecular complexity index is 441. The molecule has 0 bridgehead atoms. The van der Waals surface area contributed by atoms with Crippen LogP contribution in [0, 0.1) is 0 Å². The molecule has 1 aliphatic rings. The van der Waals surface area contributed by atoms with Gasteiger partial charge in [0.05, 0.1) is 13.2 Å². The monoisotopic (exact) mass is 295 g/mol. The minimum atomic E-state index is -0.159. The van der Waals surface area contributed by atoms with E-state index in [9.17, 15) is 4.79 Å². The largest absolute Gasteiger partial charge is 0.379 e. The number of aromatic nitrogens is 1. The molecular formula is C15H25N3O3. The highest BCUT2D eigenvalue weighted by atomic mass is 16.5.